The van der Waals surface area contributed by atoms with Crippen molar-refractivity contribution >= 4 is 23.4 Å². The van der Waals surface area contributed by atoms with Gasteiger partial charge in [0.15, 0.2) is 5.78 Å². The van der Waals surface area contributed by atoms with Gasteiger partial charge in [-0.25, -0.2) is 4.79 Å². The lowest BCUT2D eigenvalue weighted by Crippen LogP contribution is -2.09. The first-order chi connectivity index (χ1) is 9.09. The summed E-state index contributed by atoms with van der Waals surface area (Å²) >= 11 is 5.95. The molecule has 0 aliphatic carbocycles. The van der Waals surface area contributed by atoms with Crippen LogP contribution in [0.5, 0.6) is 0 Å². The van der Waals surface area contributed by atoms with Gasteiger partial charge in [-0.2, -0.15) is 0 Å². The van der Waals surface area contributed by atoms with E-state index < -0.39 is 5.97 Å². The van der Waals surface area contributed by atoms with Crippen molar-refractivity contribution in [3.8, 4) is 0 Å². The third-order valence-corrected chi connectivity index (χ3v) is 3.10. The van der Waals surface area contributed by atoms with Gasteiger partial charge in [-0.15, -0.1) is 0 Å². The van der Waals surface area contributed by atoms with Crippen molar-refractivity contribution in [2.75, 3.05) is 0 Å². The first-order valence-electron chi connectivity index (χ1n) is 5.68. The molecule has 0 spiro atoms. The Morgan fingerprint density at radius 3 is 2.16 bits per heavy atom. The van der Waals surface area contributed by atoms with Crippen molar-refractivity contribution in [1.29, 1.82) is 0 Å². The quantitative estimate of drug-likeness (QED) is 0.869. The average molecular weight is 275 g/mol. The summed E-state index contributed by atoms with van der Waals surface area (Å²) in [6.45, 7) is 0. The number of carboxylic acid groups (broad SMARTS) is 1. The molecule has 0 bridgehead atoms. The minimum atomic E-state index is -1.04. The highest BCUT2D eigenvalue weighted by Crippen LogP contribution is 2.19. The van der Waals surface area contributed by atoms with Crippen LogP contribution in [-0.2, 0) is 6.42 Å². The Kier molecular flexibility index (Phi) is 3.97. The van der Waals surface area contributed by atoms with Crippen molar-refractivity contribution in [2.45, 2.75) is 6.42 Å². The maximum absolute atomic E-state index is 12.1. The number of Topliss-reactive ketones (excluding diaryl/α,β-unsaturated/α-hetero) is 1. The second-order valence-electron chi connectivity index (χ2n) is 4.04. The molecule has 0 fully saturated rings. The smallest absolute Gasteiger partial charge is 0.335 e. The van der Waals surface area contributed by atoms with E-state index in [1.807, 2.05) is 0 Å². The van der Waals surface area contributed by atoms with E-state index in [-0.39, 0.29) is 17.8 Å². The minimum absolute atomic E-state index is 0.0200. The highest BCUT2D eigenvalue weighted by molar-refractivity contribution is 6.34. The fourth-order valence-electron chi connectivity index (χ4n) is 1.84. The maximum atomic E-state index is 12.1. The van der Waals surface area contributed by atoms with Gasteiger partial charge in [-0.1, -0.05) is 41.9 Å². The molecular weight excluding hydrogens is 264 g/mol. The molecule has 0 aliphatic heterocycles. The molecule has 0 aromatic heterocycles. The molecule has 2 aromatic carbocycles. The summed E-state index contributed by atoms with van der Waals surface area (Å²) in [7, 11) is 0. The molecule has 1 N–H and O–H groups in total. The minimum Gasteiger partial charge on any atom is -0.478 e. The van der Waals surface area contributed by atoms with Crippen molar-refractivity contribution in [1.82, 2.24) is 0 Å². The number of rotatable bonds is 4. The Labute approximate surface area is 115 Å². The van der Waals surface area contributed by atoms with E-state index in [1.165, 1.54) is 6.07 Å². The summed E-state index contributed by atoms with van der Waals surface area (Å²) in [5.41, 5.74) is 1.03. The van der Waals surface area contributed by atoms with Crippen LogP contribution in [0.4, 0.5) is 0 Å². The number of carbonyl (C=O) groups is 2. The van der Waals surface area contributed by atoms with Gasteiger partial charge in [-0.3, -0.25) is 4.79 Å². The number of hydrogen-bond donors (Lipinski definition) is 1. The molecule has 96 valence electrons. The molecule has 0 atom stereocenters. The van der Waals surface area contributed by atoms with Gasteiger partial charge in [-0.05, 0) is 23.8 Å². The lowest BCUT2D eigenvalue weighted by Gasteiger charge is -2.06. The van der Waals surface area contributed by atoms with E-state index >= 15 is 0 Å². The second kappa shape index (κ2) is 5.67. The van der Waals surface area contributed by atoms with Crippen molar-refractivity contribution < 1.29 is 14.7 Å². The van der Waals surface area contributed by atoms with Crippen LogP contribution in [0.2, 0.25) is 5.02 Å². The Morgan fingerprint density at radius 2 is 1.53 bits per heavy atom. The van der Waals surface area contributed by atoms with Gasteiger partial charge in [0.2, 0.25) is 0 Å². The molecule has 0 saturated carbocycles. The summed E-state index contributed by atoms with van der Waals surface area (Å²) in [4.78, 5) is 23.2. The van der Waals surface area contributed by atoms with Gasteiger partial charge in [0.1, 0.15) is 0 Å². The zero-order chi connectivity index (χ0) is 13.8. The molecule has 0 amide bonds. The number of hydrogen-bond acceptors (Lipinski definition) is 2. The lowest BCUT2D eigenvalue weighted by molar-refractivity contribution is 0.0696. The molecule has 0 aliphatic rings. The maximum Gasteiger partial charge on any atom is 0.335 e. The van der Waals surface area contributed by atoms with Crippen LogP contribution < -0.4 is 0 Å². The van der Waals surface area contributed by atoms with E-state index in [2.05, 4.69) is 0 Å². The first kappa shape index (κ1) is 13.3. The van der Waals surface area contributed by atoms with Crippen LogP contribution in [0.1, 0.15) is 26.3 Å². The largest absolute Gasteiger partial charge is 0.478 e. The third-order valence-electron chi connectivity index (χ3n) is 2.77. The van der Waals surface area contributed by atoms with Gasteiger partial charge in [0.05, 0.1) is 10.6 Å². The highest BCUT2D eigenvalue weighted by atomic mass is 35.5. The molecule has 3 nitrogen and oxygen atoms in total. The van der Waals surface area contributed by atoms with Crippen LogP contribution >= 0.6 is 11.6 Å². The number of benzene rings is 2. The topological polar surface area (TPSA) is 54.4 Å². The molecule has 2 rings (SSSR count). The molecular formula is C15H11ClO3. The molecule has 0 heterocycles. The zero-order valence-electron chi connectivity index (χ0n) is 9.97. The fourth-order valence-corrected chi connectivity index (χ4v) is 2.08. The average Bonchev–Trinajstić information content (AvgIpc) is 2.39. The van der Waals surface area contributed by atoms with Crippen LogP contribution in [0, 0.1) is 0 Å². The highest BCUT2D eigenvalue weighted by Gasteiger charge is 2.15. The Balaban J connectivity index is 2.30. The number of halogens is 1. The molecule has 0 radical (unpaired) electrons. The molecule has 0 unspecified atom stereocenters. The van der Waals surface area contributed by atoms with Crippen LogP contribution in [0.15, 0.2) is 48.5 Å². The molecule has 0 saturated heterocycles. The van der Waals surface area contributed by atoms with Gasteiger partial charge in [0, 0.05) is 12.0 Å². The molecule has 4 heteroatoms. The monoisotopic (exact) mass is 274 g/mol. The van der Waals surface area contributed by atoms with E-state index in [4.69, 9.17) is 16.7 Å². The number of carboxylic acids is 1. The Hall–Kier alpha value is -2.13. The molecule has 2 aromatic rings. The van der Waals surface area contributed by atoms with E-state index in [9.17, 15) is 9.59 Å². The predicted octanol–water partition coefficient (Wildman–Crippen LogP) is 3.46. The normalized spacial score (nSPS) is 10.2. The number of ketones is 1. The van der Waals surface area contributed by atoms with Crippen molar-refractivity contribution in [2.24, 2.45) is 0 Å². The van der Waals surface area contributed by atoms with Gasteiger partial charge >= 0.3 is 5.97 Å². The Morgan fingerprint density at radius 1 is 0.947 bits per heavy atom. The summed E-state index contributed by atoms with van der Waals surface area (Å²) in [5, 5.41) is 9.44. The fraction of sp³-hybridized carbons (Fsp3) is 0.0667. The Bertz CT molecular complexity index is 635. The van der Waals surface area contributed by atoms with Crippen molar-refractivity contribution in [3.63, 3.8) is 0 Å². The van der Waals surface area contributed by atoms with E-state index in [1.54, 1.807) is 42.5 Å². The third kappa shape index (κ3) is 3.01. The number of carbonyl (C=O) groups excluding carboxylic acids is 1. The molecule has 19 heavy (non-hydrogen) atoms. The summed E-state index contributed by atoms with van der Waals surface area (Å²) in [5.74, 6) is -1.23. The lowest BCUT2D eigenvalue weighted by atomic mass is 9.99. The van der Waals surface area contributed by atoms with E-state index in [0.29, 0.717) is 16.1 Å². The predicted molar refractivity (Wildman–Crippen MR) is 72.9 cm³/mol. The zero-order valence-corrected chi connectivity index (χ0v) is 10.7. The first-order valence-corrected chi connectivity index (χ1v) is 6.06. The van der Waals surface area contributed by atoms with Crippen LogP contribution in [0.3, 0.4) is 0 Å². The van der Waals surface area contributed by atoms with Crippen molar-refractivity contribution in [3.05, 3.63) is 70.2 Å². The second-order valence-corrected chi connectivity index (χ2v) is 4.45. The number of aromatic carboxylic acids is 1. The van der Waals surface area contributed by atoms with Crippen LogP contribution in [-0.4, -0.2) is 16.9 Å². The van der Waals surface area contributed by atoms with Gasteiger partial charge < -0.3 is 5.11 Å². The summed E-state index contributed by atoms with van der Waals surface area (Å²) in [6, 6.07) is 13.2. The SMILES string of the molecule is O=C(Cc1ccccc1C(=O)O)c1ccccc1Cl. The summed E-state index contributed by atoms with van der Waals surface area (Å²) in [6.07, 6.45) is 0.0200. The van der Waals surface area contributed by atoms with E-state index in [0.717, 1.165) is 0 Å². The standard InChI is InChI=1S/C15H11ClO3/c16-13-8-4-3-7-12(13)14(17)9-10-5-1-2-6-11(10)15(18)19/h1-8H,9H2,(H,18,19). The summed E-state index contributed by atoms with van der Waals surface area (Å²) < 4.78 is 0. The van der Waals surface area contributed by atoms with Gasteiger partial charge in [0.25, 0.3) is 0 Å². The van der Waals surface area contributed by atoms with Crippen LogP contribution in [0.25, 0.3) is 0 Å².